The van der Waals surface area contributed by atoms with Crippen LogP contribution < -0.4 is 5.32 Å². The van der Waals surface area contributed by atoms with E-state index >= 15 is 0 Å². The number of hydrogen-bond donors (Lipinski definition) is 1. The van der Waals surface area contributed by atoms with Gasteiger partial charge in [-0.3, -0.25) is 4.79 Å². The summed E-state index contributed by atoms with van der Waals surface area (Å²) in [6, 6.07) is 7.75. The van der Waals surface area contributed by atoms with Crippen molar-refractivity contribution in [1.29, 1.82) is 0 Å². The SMILES string of the molecule is Cc1cc(NC(=O)CSC(=S)N2CCCC2)n(-c2ccc(F)cc2)n1. The minimum absolute atomic E-state index is 0.144. The van der Waals surface area contributed by atoms with E-state index in [1.54, 1.807) is 22.9 Å². The number of nitrogens with zero attached hydrogens (tertiary/aromatic N) is 3. The highest BCUT2D eigenvalue weighted by atomic mass is 32.2. The summed E-state index contributed by atoms with van der Waals surface area (Å²) in [6.45, 7) is 3.79. The maximum atomic E-state index is 13.1. The van der Waals surface area contributed by atoms with E-state index in [2.05, 4.69) is 15.3 Å². The van der Waals surface area contributed by atoms with Gasteiger partial charge in [0.1, 0.15) is 16.0 Å². The molecule has 2 heterocycles. The summed E-state index contributed by atoms with van der Waals surface area (Å²) in [6.07, 6.45) is 2.31. The molecule has 1 saturated heterocycles. The normalized spacial score (nSPS) is 13.9. The van der Waals surface area contributed by atoms with Crippen molar-refractivity contribution in [3.05, 3.63) is 41.8 Å². The van der Waals surface area contributed by atoms with Gasteiger partial charge in [0.25, 0.3) is 0 Å². The van der Waals surface area contributed by atoms with Crippen molar-refractivity contribution in [3.63, 3.8) is 0 Å². The second-order valence-electron chi connectivity index (χ2n) is 5.86. The van der Waals surface area contributed by atoms with Crippen molar-refractivity contribution in [1.82, 2.24) is 14.7 Å². The van der Waals surface area contributed by atoms with Gasteiger partial charge in [-0.1, -0.05) is 24.0 Å². The number of thioether (sulfide) groups is 1. The molecular formula is C17H19FN4OS2. The zero-order chi connectivity index (χ0) is 17.8. The molecule has 1 aromatic carbocycles. The molecule has 0 atom stereocenters. The number of halogens is 1. The molecule has 1 aliphatic rings. The zero-order valence-corrected chi connectivity index (χ0v) is 15.5. The van der Waals surface area contributed by atoms with Crippen LogP contribution in [0.5, 0.6) is 0 Å². The van der Waals surface area contributed by atoms with E-state index in [0.717, 1.165) is 35.9 Å². The second-order valence-corrected chi connectivity index (χ2v) is 7.47. The predicted molar refractivity (Wildman–Crippen MR) is 103 cm³/mol. The van der Waals surface area contributed by atoms with Crippen LogP contribution in [0.2, 0.25) is 0 Å². The Hall–Kier alpha value is -1.93. The molecule has 0 spiro atoms. The van der Waals surface area contributed by atoms with Gasteiger partial charge in [0.05, 0.1) is 17.1 Å². The minimum Gasteiger partial charge on any atom is -0.358 e. The van der Waals surface area contributed by atoms with Crippen molar-refractivity contribution in [3.8, 4) is 5.69 Å². The molecule has 1 aromatic heterocycles. The van der Waals surface area contributed by atoms with Crippen LogP contribution >= 0.6 is 24.0 Å². The molecule has 1 amide bonds. The molecular weight excluding hydrogens is 359 g/mol. The summed E-state index contributed by atoms with van der Waals surface area (Å²) in [5.74, 6) is 0.352. The molecule has 0 saturated carbocycles. The summed E-state index contributed by atoms with van der Waals surface area (Å²) >= 11 is 6.75. The van der Waals surface area contributed by atoms with Crippen LogP contribution in [-0.2, 0) is 4.79 Å². The predicted octanol–water partition coefficient (Wildman–Crippen LogP) is 3.37. The van der Waals surface area contributed by atoms with Gasteiger partial charge in [-0.15, -0.1) is 0 Å². The number of hydrogen-bond acceptors (Lipinski definition) is 4. The maximum Gasteiger partial charge on any atom is 0.235 e. The Morgan fingerprint density at radius 3 is 2.68 bits per heavy atom. The fraction of sp³-hybridized carbons (Fsp3) is 0.353. The van der Waals surface area contributed by atoms with Crippen molar-refractivity contribution in [2.45, 2.75) is 19.8 Å². The molecule has 25 heavy (non-hydrogen) atoms. The van der Waals surface area contributed by atoms with Gasteiger partial charge >= 0.3 is 0 Å². The number of anilines is 1. The Labute approximate surface area is 155 Å². The first-order chi connectivity index (χ1) is 12.0. The molecule has 0 bridgehead atoms. The molecule has 0 unspecified atom stereocenters. The van der Waals surface area contributed by atoms with Gasteiger partial charge in [0, 0.05) is 19.2 Å². The smallest absolute Gasteiger partial charge is 0.235 e. The standard InChI is InChI=1S/C17H19FN4OS2/c1-12-10-15(22(20-12)14-6-4-13(18)5-7-14)19-16(23)11-25-17(24)21-8-2-3-9-21/h4-7,10H,2-3,8-9,11H2,1H3,(H,19,23). The quantitative estimate of drug-likeness (QED) is 0.827. The molecule has 132 valence electrons. The fourth-order valence-corrected chi connectivity index (χ4v) is 3.72. The number of aromatic nitrogens is 2. The molecule has 2 aromatic rings. The number of aryl methyl sites for hydroxylation is 1. The largest absolute Gasteiger partial charge is 0.358 e. The molecule has 3 rings (SSSR count). The number of carbonyl (C=O) groups is 1. The first-order valence-electron chi connectivity index (χ1n) is 8.07. The topological polar surface area (TPSA) is 50.2 Å². The number of likely N-dealkylation sites (tertiary alicyclic amines) is 1. The monoisotopic (exact) mass is 378 g/mol. The zero-order valence-electron chi connectivity index (χ0n) is 13.9. The average molecular weight is 378 g/mol. The van der Waals surface area contributed by atoms with Gasteiger partial charge in [-0.05, 0) is 44.0 Å². The van der Waals surface area contributed by atoms with Gasteiger partial charge in [0.15, 0.2) is 0 Å². The molecule has 0 radical (unpaired) electrons. The van der Waals surface area contributed by atoms with Crippen LogP contribution in [0.25, 0.3) is 5.69 Å². The van der Waals surface area contributed by atoms with Crippen molar-refractivity contribution >= 4 is 40.0 Å². The Kier molecular flexibility index (Phi) is 5.70. The number of amides is 1. The third-order valence-corrected chi connectivity index (χ3v) is 5.38. The average Bonchev–Trinajstić information content (AvgIpc) is 3.23. The lowest BCUT2D eigenvalue weighted by Gasteiger charge is -2.17. The third kappa shape index (κ3) is 4.58. The highest BCUT2D eigenvalue weighted by molar-refractivity contribution is 8.23. The van der Waals surface area contributed by atoms with Crippen LogP contribution in [0, 0.1) is 12.7 Å². The minimum atomic E-state index is -0.315. The third-order valence-electron chi connectivity index (χ3n) is 3.86. The Morgan fingerprint density at radius 1 is 1.32 bits per heavy atom. The first kappa shape index (κ1) is 17.9. The van der Waals surface area contributed by atoms with Crippen LogP contribution in [-0.4, -0.2) is 43.8 Å². The Balaban J connectivity index is 1.63. The summed E-state index contributed by atoms with van der Waals surface area (Å²) < 4.78 is 15.5. The molecule has 1 fully saturated rings. The number of carbonyl (C=O) groups excluding carboxylic acids is 1. The van der Waals surface area contributed by atoms with Crippen LogP contribution in [0.3, 0.4) is 0 Å². The number of nitrogens with one attached hydrogen (secondary N) is 1. The fourth-order valence-electron chi connectivity index (χ4n) is 2.66. The van der Waals surface area contributed by atoms with E-state index in [4.69, 9.17) is 12.2 Å². The van der Waals surface area contributed by atoms with E-state index in [1.807, 2.05) is 6.92 Å². The lowest BCUT2D eigenvalue weighted by atomic mass is 10.3. The van der Waals surface area contributed by atoms with Crippen molar-refractivity contribution < 1.29 is 9.18 Å². The van der Waals surface area contributed by atoms with E-state index in [-0.39, 0.29) is 17.5 Å². The molecule has 8 heteroatoms. The summed E-state index contributed by atoms with van der Waals surface area (Å²) in [4.78, 5) is 14.4. The second kappa shape index (κ2) is 7.97. The van der Waals surface area contributed by atoms with Crippen LogP contribution in [0.4, 0.5) is 10.2 Å². The van der Waals surface area contributed by atoms with E-state index in [9.17, 15) is 9.18 Å². The Bertz CT molecular complexity index is 769. The van der Waals surface area contributed by atoms with E-state index in [1.165, 1.54) is 23.9 Å². The van der Waals surface area contributed by atoms with E-state index < -0.39 is 0 Å². The summed E-state index contributed by atoms with van der Waals surface area (Å²) in [5, 5.41) is 7.22. The Morgan fingerprint density at radius 2 is 2.00 bits per heavy atom. The molecule has 1 N–H and O–H groups in total. The van der Waals surface area contributed by atoms with Gasteiger partial charge in [0.2, 0.25) is 5.91 Å². The number of rotatable bonds is 4. The molecule has 1 aliphatic heterocycles. The van der Waals surface area contributed by atoms with Crippen LogP contribution in [0.1, 0.15) is 18.5 Å². The van der Waals surface area contributed by atoms with Crippen molar-refractivity contribution in [2.75, 3.05) is 24.2 Å². The number of benzene rings is 1. The van der Waals surface area contributed by atoms with Gasteiger partial charge in [-0.2, -0.15) is 5.10 Å². The lowest BCUT2D eigenvalue weighted by molar-refractivity contribution is -0.113. The van der Waals surface area contributed by atoms with E-state index in [0.29, 0.717) is 11.5 Å². The summed E-state index contributed by atoms with van der Waals surface area (Å²) in [5.41, 5.74) is 1.45. The van der Waals surface area contributed by atoms with Crippen molar-refractivity contribution in [2.24, 2.45) is 0 Å². The van der Waals surface area contributed by atoms with Gasteiger partial charge < -0.3 is 10.2 Å². The number of thiocarbonyl (C=S) groups is 1. The highest BCUT2D eigenvalue weighted by Gasteiger charge is 2.17. The lowest BCUT2D eigenvalue weighted by Crippen LogP contribution is -2.25. The first-order valence-corrected chi connectivity index (χ1v) is 9.46. The molecule has 0 aliphatic carbocycles. The van der Waals surface area contributed by atoms with Crippen LogP contribution in [0.15, 0.2) is 30.3 Å². The highest BCUT2D eigenvalue weighted by Crippen LogP contribution is 2.19. The molecule has 5 nitrogen and oxygen atoms in total. The summed E-state index contributed by atoms with van der Waals surface area (Å²) in [7, 11) is 0. The van der Waals surface area contributed by atoms with Gasteiger partial charge in [-0.25, -0.2) is 9.07 Å². The maximum absolute atomic E-state index is 13.1.